The first-order chi connectivity index (χ1) is 10.7. The van der Waals surface area contributed by atoms with Gasteiger partial charge in [-0.3, -0.25) is 5.32 Å². The predicted octanol–water partition coefficient (Wildman–Crippen LogP) is 4.67. The second kappa shape index (κ2) is 11.4. The number of rotatable bonds is 13. The number of hydrogen-bond acceptors (Lipinski definition) is 3. The molecule has 2 unspecified atom stereocenters. The molecule has 0 aromatic rings. The highest BCUT2D eigenvalue weighted by molar-refractivity contribution is 4.99. The van der Waals surface area contributed by atoms with Crippen molar-refractivity contribution in [3.63, 3.8) is 0 Å². The molecule has 140 valence electrons. The van der Waals surface area contributed by atoms with Crippen LogP contribution in [0.2, 0.25) is 0 Å². The summed E-state index contributed by atoms with van der Waals surface area (Å²) in [5.41, 5.74) is 0.0404. The van der Waals surface area contributed by atoms with Gasteiger partial charge in [0, 0.05) is 11.6 Å². The maximum Gasteiger partial charge on any atom is 0.0848 e. The summed E-state index contributed by atoms with van der Waals surface area (Å²) < 4.78 is 0. The minimum Gasteiger partial charge on any atom is -0.314 e. The van der Waals surface area contributed by atoms with Crippen molar-refractivity contribution in [1.82, 2.24) is 16.0 Å². The van der Waals surface area contributed by atoms with Gasteiger partial charge in [-0.1, -0.05) is 59.3 Å². The zero-order chi connectivity index (χ0) is 17.9. The highest BCUT2D eigenvalue weighted by Crippen LogP contribution is 2.25. The van der Waals surface area contributed by atoms with E-state index in [9.17, 15) is 0 Å². The number of hydrogen-bond donors (Lipinski definition) is 3. The van der Waals surface area contributed by atoms with E-state index in [0.717, 1.165) is 6.42 Å². The molecule has 3 heteroatoms. The molecule has 3 N–H and O–H groups in total. The first-order valence-electron chi connectivity index (χ1n) is 9.86. The standard InChI is InChI=1S/C20H45N3/c1-9-10-11-12-13-14-15-18(21-7)20(22-8,16-17(2)3)23-19(4,5)6/h17-18,21-23H,9-16H2,1-8H3. The third-order valence-corrected chi connectivity index (χ3v) is 4.56. The molecule has 0 amide bonds. The zero-order valence-corrected chi connectivity index (χ0v) is 17.3. The first-order valence-corrected chi connectivity index (χ1v) is 9.86. The molecule has 0 aromatic carbocycles. The molecular formula is C20H45N3. The van der Waals surface area contributed by atoms with Crippen molar-refractivity contribution in [2.24, 2.45) is 5.92 Å². The van der Waals surface area contributed by atoms with Crippen molar-refractivity contribution in [1.29, 1.82) is 0 Å². The van der Waals surface area contributed by atoms with Crippen molar-refractivity contribution >= 4 is 0 Å². The van der Waals surface area contributed by atoms with Gasteiger partial charge in [0.1, 0.15) is 0 Å². The van der Waals surface area contributed by atoms with Crippen LogP contribution in [0, 0.1) is 5.92 Å². The van der Waals surface area contributed by atoms with E-state index in [0.29, 0.717) is 12.0 Å². The Morgan fingerprint density at radius 3 is 1.87 bits per heavy atom. The Morgan fingerprint density at radius 1 is 0.870 bits per heavy atom. The minimum atomic E-state index is -0.0510. The summed E-state index contributed by atoms with van der Waals surface area (Å²) in [5.74, 6) is 0.651. The monoisotopic (exact) mass is 327 g/mol. The second-order valence-corrected chi connectivity index (χ2v) is 8.59. The number of likely N-dealkylation sites (N-methyl/N-ethyl adjacent to an activating group) is 2. The minimum absolute atomic E-state index is 0.0510. The Balaban J connectivity index is 4.79. The van der Waals surface area contributed by atoms with Crippen LogP contribution in [0.4, 0.5) is 0 Å². The van der Waals surface area contributed by atoms with Crippen molar-refractivity contribution < 1.29 is 0 Å². The van der Waals surface area contributed by atoms with Crippen molar-refractivity contribution in [3.8, 4) is 0 Å². The van der Waals surface area contributed by atoms with Crippen LogP contribution in [0.3, 0.4) is 0 Å². The fourth-order valence-corrected chi connectivity index (χ4v) is 3.70. The highest BCUT2D eigenvalue weighted by Gasteiger charge is 2.39. The van der Waals surface area contributed by atoms with Crippen molar-refractivity contribution in [3.05, 3.63) is 0 Å². The van der Waals surface area contributed by atoms with Crippen molar-refractivity contribution in [2.75, 3.05) is 14.1 Å². The van der Waals surface area contributed by atoms with E-state index in [2.05, 4.69) is 71.6 Å². The molecule has 2 atom stereocenters. The van der Waals surface area contributed by atoms with E-state index >= 15 is 0 Å². The van der Waals surface area contributed by atoms with Gasteiger partial charge in [0.25, 0.3) is 0 Å². The maximum absolute atomic E-state index is 3.89. The van der Waals surface area contributed by atoms with Crippen LogP contribution >= 0.6 is 0 Å². The molecule has 0 bridgehead atoms. The highest BCUT2D eigenvalue weighted by atomic mass is 15.2. The normalized spacial score (nSPS) is 16.6. The molecule has 0 aliphatic carbocycles. The van der Waals surface area contributed by atoms with Crippen LogP contribution in [0.5, 0.6) is 0 Å². The second-order valence-electron chi connectivity index (χ2n) is 8.59. The third kappa shape index (κ3) is 9.69. The molecule has 0 aliphatic heterocycles. The molecular weight excluding hydrogens is 282 g/mol. The van der Waals surface area contributed by atoms with Crippen LogP contribution < -0.4 is 16.0 Å². The Hall–Kier alpha value is -0.120. The van der Waals surface area contributed by atoms with E-state index in [1.165, 1.54) is 44.9 Å². The summed E-state index contributed by atoms with van der Waals surface area (Å²) in [7, 11) is 4.21. The molecule has 0 spiro atoms. The Morgan fingerprint density at radius 2 is 1.43 bits per heavy atom. The molecule has 0 saturated heterocycles. The van der Waals surface area contributed by atoms with Gasteiger partial charge in [0.05, 0.1) is 5.66 Å². The number of nitrogens with one attached hydrogen (secondary N) is 3. The van der Waals surface area contributed by atoms with Gasteiger partial charge in [-0.05, 0) is 53.6 Å². The fraction of sp³-hybridized carbons (Fsp3) is 1.00. The van der Waals surface area contributed by atoms with E-state index < -0.39 is 0 Å². The molecule has 3 nitrogen and oxygen atoms in total. The Kier molecular flexibility index (Phi) is 11.4. The molecule has 23 heavy (non-hydrogen) atoms. The maximum atomic E-state index is 3.89. The smallest absolute Gasteiger partial charge is 0.0848 e. The zero-order valence-electron chi connectivity index (χ0n) is 17.3. The molecule has 0 aromatic heterocycles. The summed E-state index contributed by atoms with van der Waals surface area (Å²) in [5, 5.41) is 11.1. The Labute approximate surface area is 146 Å². The van der Waals surface area contributed by atoms with Crippen LogP contribution in [0.15, 0.2) is 0 Å². The molecule has 0 rings (SSSR count). The average Bonchev–Trinajstić information content (AvgIpc) is 2.43. The third-order valence-electron chi connectivity index (χ3n) is 4.56. The summed E-state index contributed by atoms with van der Waals surface area (Å²) >= 11 is 0. The van der Waals surface area contributed by atoms with Crippen LogP contribution in [0.25, 0.3) is 0 Å². The van der Waals surface area contributed by atoms with Gasteiger partial charge in [-0.15, -0.1) is 0 Å². The van der Waals surface area contributed by atoms with Gasteiger partial charge in [0.2, 0.25) is 0 Å². The van der Waals surface area contributed by atoms with Crippen LogP contribution in [-0.4, -0.2) is 31.3 Å². The van der Waals surface area contributed by atoms with E-state index in [4.69, 9.17) is 0 Å². The summed E-state index contributed by atoms with van der Waals surface area (Å²) in [6, 6.07) is 0.445. The quantitative estimate of drug-likeness (QED) is 0.340. The van der Waals surface area contributed by atoms with Gasteiger partial charge >= 0.3 is 0 Å². The van der Waals surface area contributed by atoms with Gasteiger partial charge < -0.3 is 10.6 Å². The van der Waals surface area contributed by atoms with Gasteiger partial charge in [-0.25, -0.2) is 0 Å². The lowest BCUT2D eigenvalue weighted by Crippen LogP contribution is -2.70. The SMILES string of the molecule is CCCCCCCCC(NC)C(CC(C)C)(NC)NC(C)(C)C. The lowest BCUT2D eigenvalue weighted by molar-refractivity contribution is 0.118. The summed E-state index contributed by atoms with van der Waals surface area (Å²) in [4.78, 5) is 0. The van der Waals surface area contributed by atoms with Crippen molar-refractivity contribution in [2.45, 2.75) is 110 Å². The van der Waals surface area contributed by atoms with E-state index in [1.54, 1.807) is 0 Å². The molecule has 0 heterocycles. The summed E-state index contributed by atoms with van der Waals surface area (Å²) in [6.07, 6.45) is 10.5. The van der Waals surface area contributed by atoms with E-state index in [1.807, 2.05) is 0 Å². The average molecular weight is 328 g/mol. The fourth-order valence-electron chi connectivity index (χ4n) is 3.70. The molecule has 0 saturated carbocycles. The largest absolute Gasteiger partial charge is 0.314 e. The molecule has 0 aliphatic rings. The van der Waals surface area contributed by atoms with E-state index in [-0.39, 0.29) is 11.2 Å². The lowest BCUT2D eigenvalue weighted by atomic mass is 9.85. The predicted molar refractivity (Wildman–Crippen MR) is 105 cm³/mol. The topological polar surface area (TPSA) is 36.1 Å². The molecule has 0 radical (unpaired) electrons. The first kappa shape index (κ1) is 22.9. The summed E-state index contributed by atoms with van der Waals surface area (Å²) in [6.45, 7) is 13.7. The van der Waals surface area contributed by atoms with Crippen LogP contribution in [-0.2, 0) is 0 Å². The molecule has 0 fully saturated rings. The van der Waals surface area contributed by atoms with Crippen LogP contribution in [0.1, 0.15) is 92.9 Å². The lowest BCUT2D eigenvalue weighted by Gasteiger charge is -2.47. The van der Waals surface area contributed by atoms with Gasteiger partial charge in [-0.2, -0.15) is 0 Å². The van der Waals surface area contributed by atoms with Gasteiger partial charge in [0.15, 0.2) is 0 Å². The Bertz CT molecular complexity index is 283. The number of unbranched alkanes of at least 4 members (excludes halogenated alkanes) is 5.